The molecular formula is C4H17N3Si2. The number of nitrogens with one attached hydrogen (secondary N) is 1. The van der Waals surface area contributed by atoms with E-state index < -0.39 is 9.28 Å². The van der Waals surface area contributed by atoms with Crippen LogP contribution in [0.2, 0.25) is 0 Å². The smallest absolute Gasteiger partial charge is 0.261 e. The summed E-state index contributed by atoms with van der Waals surface area (Å²) in [5.74, 6) is 0. The Labute approximate surface area is 62.4 Å². The second-order valence-electron chi connectivity index (χ2n) is 2.59. The Balaban J connectivity index is 3.68. The van der Waals surface area contributed by atoms with Gasteiger partial charge in [0.1, 0.15) is 0 Å². The molecule has 5 heteroatoms. The van der Waals surface area contributed by atoms with Gasteiger partial charge in [-0.25, -0.2) is 0 Å². The van der Waals surface area contributed by atoms with E-state index in [4.69, 9.17) is 0 Å². The van der Waals surface area contributed by atoms with E-state index in [0.29, 0.717) is 0 Å². The van der Waals surface area contributed by atoms with Crippen molar-refractivity contribution in [1.29, 1.82) is 0 Å². The maximum atomic E-state index is 3.43. The fourth-order valence-corrected chi connectivity index (χ4v) is 6.03. The topological polar surface area (TPSA) is 18.5 Å². The number of nitrogens with zero attached hydrogens (tertiary/aromatic N) is 2. The summed E-state index contributed by atoms with van der Waals surface area (Å²) in [4.78, 5) is 0. The van der Waals surface area contributed by atoms with E-state index in [2.05, 4.69) is 42.0 Å². The number of hydrogen-bond donors (Lipinski definition) is 1. The molecule has 0 aromatic rings. The standard InChI is InChI=1S/C4H17N3Si2/c1-6(2)9(5-8)7(3)4/h5,9H,1-4,8H3. The lowest BCUT2D eigenvalue weighted by Gasteiger charge is -2.27. The van der Waals surface area contributed by atoms with Gasteiger partial charge in [0.2, 0.25) is 0 Å². The summed E-state index contributed by atoms with van der Waals surface area (Å²) in [5, 5.41) is 0. The third-order valence-corrected chi connectivity index (χ3v) is 5.26. The zero-order valence-electron chi connectivity index (χ0n) is 6.97. The molecule has 0 rings (SSSR count). The molecule has 0 saturated carbocycles. The van der Waals surface area contributed by atoms with Crippen molar-refractivity contribution < 1.29 is 0 Å². The first-order valence-corrected chi connectivity index (χ1v) is 5.70. The molecule has 3 nitrogen and oxygen atoms in total. The first-order chi connectivity index (χ1) is 4.09. The van der Waals surface area contributed by atoms with Gasteiger partial charge in [-0.1, -0.05) is 0 Å². The Hall–Kier alpha value is 0.314. The highest BCUT2D eigenvalue weighted by molar-refractivity contribution is 6.55. The van der Waals surface area contributed by atoms with Gasteiger partial charge in [0.05, 0.1) is 10.4 Å². The minimum atomic E-state index is -0.881. The molecular weight excluding hydrogens is 146 g/mol. The first kappa shape index (κ1) is 9.31. The van der Waals surface area contributed by atoms with Gasteiger partial charge in [-0.15, -0.1) is 0 Å². The van der Waals surface area contributed by atoms with E-state index in [1.165, 1.54) is 0 Å². The van der Waals surface area contributed by atoms with Gasteiger partial charge in [-0.3, -0.25) is 0 Å². The third-order valence-electron chi connectivity index (χ3n) is 1.24. The average Bonchev–Trinajstić information content (AvgIpc) is 1.64. The van der Waals surface area contributed by atoms with Gasteiger partial charge in [0.25, 0.3) is 9.28 Å². The van der Waals surface area contributed by atoms with Gasteiger partial charge < -0.3 is 13.8 Å². The summed E-state index contributed by atoms with van der Waals surface area (Å²) in [7, 11) is 8.72. The van der Waals surface area contributed by atoms with Crippen molar-refractivity contribution in [1.82, 2.24) is 13.8 Å². The van der Waals surface area contributed by atoms with Crippen molar-refractivity contribution in [2.45, 2.75) is 0 Å². The molecule has 0 fully saturated rings. The second kappa shape index (κ2) is 4.18. The summed E-state index contributed by atoms with van der Waals surface area (Å²) in [5.41, 5.74) is 0. The molecule has 56 valence electrons. The number of rotatable bonds is 3. The van der Waals surface area contributed by atoms with E-state index >= 15 is 0 Å². The van der Waals surface area contributed by atoms with Gasteiger partial charge in [0, 0.05) is 0 Å². The molecule has 0 spiro atoms. The van der Waals surface area contributed by atoms with Gasteiger partial charge in [0.15, 0.2) is 0 Å². The average molecular weight is 163 g/mol. The van der Waals surface area contributed by atoms with E-state index in [9.17, 15) is 0 Å². The monoisotopic (exact) mass is 163 g/mol. The first-order valence-electron chi connectivity index (χ1n) is 3.09. The maximum Gasteiger partial charge on any atom is 0.261 e. The van der Waals surface area contributed by atoms with Gasteiger partial charge >= 0.3 is 0 Å². The van der Waals surface area contributed by atoms with Crippen LogP contribution in [0, 0.1) is 0 Å². The van der Waals surface area contributed by atoms with Crippen LogP contribution >= 0.6 is 0 Å². The highest BCUT2D eigenvalue weighted by Crippen LogP contribution is 1.83. The molecule has 9 heavy (non-hydrogen) atoms. The molecule has 0 aromatic heterocycles. The van der Waals surface area contributed by atoms with Crippen molar-refractivity contribution in [3.63, 3.8) is 0 Å². The van der Waals surface area contributed by atoms with E-state index in [1.54, 1.807) is 0 Å². The lowest BCUT2D eigenvalue weighted by atomic mass is 11.3. The summed E-state index contributed by atoms with van der Waals surface area (Å²) in [6, 6.07) is 0. The Morgan fingerprint density at radius 2 is 1.44 bits per heavy atom. The fourth-order valence-electron chi connectivity index (χ4n) is 0.978. The molecule has 0 heterocycles. The summed E-state index contributed by atoms with van der Waals surface area (Å²) in [6.45, 7) is 0. The Bertz CT molecular complexity index is 68.2. The zero-order valence-corrected chi connectivity index (χ0v) is 10.1. The van der Waals surface area contributed by atoms with Crippen molar-refractivity contribution in [2.75, 3.05) is 28.2 Å². The summed E-state index contributed by atoms with van der Waals surface area (Å²) < 4.78 is 8.00. The third kappa shape index (κ3) is 3.12. The van der Waals surface area contributed by atoms with E-state index in [-0.39, 0.29) is 0 Å². The summed E-state index contributed by atoms with van der Waals surface area (Å²) in [6.07, 6.45) is 0. The van der Waals surface area contributed by atoms with Crippen molar-refractivity contribution in [3.8, 4) is 0 Å². The SMILES string of the molecule is CN(C)[SiH](N[SiH3])N(C)C. The van der Waals surface area contributed by atoms with Crippen LogP contribution in [0.15, 0.2) is 0 Å². The van der Waals surface area contributed by atoms with Crippen molar-refractivity contribution in [2.24, 2.45) is 0 Å². The number of hydrogen-bond acceptors (Lipinski definition) is 3. The van der Waals surface area contributed by atoms with Crippen LogP contribution in [0.25, 0.3) is 0 Å². The van der Waals surface area contributed by atoms with Crippen molar-refractivity contribution in [3.05, 3.63) is 0 Å². The molecule has 0 amide bonds. The fraction of sp³-hybridized carbons (Fsp3) is 1.00. The molecule has 0 aromatic carbocycles. The predicted octanol–water partition coefficient (Wildman–Crippen LogP) is -2.30. The second-order valence-corrected chi connectivity index (χ2v) is 7.71. The Morgan fingerprint density at radius 3 is 1.44 bits per heavy atom. The molecule has 0 bridgehead atoms. The minimum absolute atomic E-state index is 0.881. The Kier molecular flexibility index (Phi) is 4.33. The molecule has 0 saturated heterocycles. The van der Waals surface area contributed by atoms with Crippen LogP contribution in [0.1, 0.15) is 0 Å². The highest BCUT2D eigenvalue weighted by Gasteiger charge is 2.12. The van der Waals surface area contributed by atoms with Crippen LogP contribution in [0.4, 0.5) is 0 Å². The van der Waals surface area contributed by atoms with Crippen LogP contribution in [-0.4, -0.2) is 57.0 Å². The normalized spacial score (nSPS) is 12.3. The van der Waals surface area contributed by atoms with Crippen LogP contribution in [-0.2, 0) is 0 Å². The highest BCUT2D eigenvalue weighted by atomic mass is 28.3. The predicted molar refractivity (Wildman–Crippen MR) is 47.6 cm³/mol. The largest absolute Gasteiger partial charge is 0.345 e. The Morgan fingerprint density at radius 1 is 1.11 bits per heavy atom. The zero-order chi connectivity index (χ0) is 7.44. The molecule has 0 aliphatic heterocycles. The molecule has 0 radical (unpaired) electrons. The van der Waals surface area contributed by atoms with Crippen LogP contribution in [0.3, 0.4) is 0 Å². The minimum Gasteiger partial charge on any atom is -0.345 e. The van der Waals surface area contributed by atoms with E-state index in [1.807, 2.05) is 0 Å². The lowest BCUT2D eigenvalue weighted by Crippen LogP contribution is -2.55. The van der Waals surface area contributed by atoms with Gasteiger partial charge in [-0.2, -0.15) is 0 Å². The van der Waals surface area contributed by atoms with Crippen LogP contribution < -0.4 is 4.65 Å². The van der Waals surface area contributed by atoms with Crippen LogP contribution in [0.5, 0.6) is 0 Å². The maximum absolute atomic E-state index is 3.43. The van der Waals surface area contributed by atoms with Gasteiger partial charge in [-0.05, 0) is 28.2 Å². The van der Waals surface area contributed by atoms with E-state index in [0.717, 1.165) is 10.4 Å². The lowest BCUT2D eigenvalue weighted by molar-refractivity contribution is 0.510. The summed E-state index contributed by atoms with van der Waals surface area (Å²) >= 11 is 0. The molecule has 0 aliphatic carbocycles. The molecule has 0 aliphatic rings. The quantitative estimate of drug-likeness (QED) is 0.472. The molecule has 1 N–H and O–H groups in total. The molecule has 0 unspecified atom stereocenters. The van der Waals surface area contributed by atoms with Crippen molar-refractivity contribution >= 4 is 19.7 Å². The molecule has 0 atom stereocenters.